The molecule has 2 heterocycles. The maximum absolute atomic E-state index is 12.4. The van der Waals surface area contributed by atoms with E-state index in [0.717, 1.165) is 25.0 Å². The SMILES string of the molecule is O=C(Nc1nc2c(s1)CCC2)c1ccc2c(c1)OCCCO2. The van der Waals surface area contributed by atoms with Crippen molar-refractivity contribution in [2.45, 2.75) is 25.7 Å². The predicted octanol–water partition coefficient (Wildman–Crippen LogP) is 3.05. The maximum atomic E-state index is 12.4. The molecule has 1 aliphatic carbocycles. The van der Waals surface area contributed by atoms with E-state index >= 15 is 0 Å². The van der Waals surface area contributed by atoms with Crippen molar-refractivity contribution < 1.29 is 14.3 Å². The number of thiazole rings is 1. The number of amides is 1. The van der Waals surface area contributed by atoms with Crippen LogP contribution in [0.3, 0.4) is 0 Å². The molecule has 0 unspecified atom stereocenters. The van der Waals surface area contributed by atoms with E-state index in [-0.39, 0.29) is 5.91 Å². The summed E-state index contributed by atoms with van der Waals surface area (Å²) in [6.45, 7) is 1.25. The number of rotatable bonds is 2. The Morgan fingerprint density at radius 3 is 2.86 bits per heavy atom. The van der Waals surface area contributed by atoms with Gasteiger partial charge in [0.15, 0.2) is 16.6 Å². The highest BCUT2D eigenvalue weighted by Gasteiger charge is 2.19. The third-order valence-electron chi connectivity index (χ3n) is 3.83. The lowest BCUT2D eigenvalue weighted by molar-refractivity contribution is 0.102. The molecule has 22 heavy (non-hydrogen) atoms. The molecule has 0 fully saturated rings. The molecule has 4 rings (SSSR count). The number of hydrogen-bond acceptors (Lipinski definition) is 5. The van der Waals surface area contributed by atoms with Crippen LogP contribution < -0.4 is 14.8 Å². The fourth-order valence-corrected chi connectivity index (χ4v) is 3.76. The van der Waals surface area contributed by atoms with Crippen LogP contribution in [0.2, 0.25) is 0 Å². The molecule has 0 atom stereocenters. The highest BCUT2D eigenvalue weighted by molar-refractivity contribution is 7.15. The zero-order valence-electron chi connectivity index (χ0n) is 12.1. The van der Waals surface area contributed by atoms with E-state index in [1.165, 1.54) is 11.3 Å². The van der Waals surface area contributed by atoms with Gasteiger partial charge in [-0.3, -0.25) is 10.1 Å². The number of hydrogen-bond donors (Lipinski definition) is 1. The number of anilines is 1. The maximum Gasteiger partial charge on any atom is 0.257 e. The first kappa shape index (κ1) is 13.6. The number of nitrogens with one attached hydrogen (secondary N) is 1. The number of aromatic nitrogens is 1. The number of aryl methyl sites for hydroxylation is 2. The second-order valence-corrected chi connectivity index (χ2v) is 6.49. The second-order valence-electron chi connectivity index (χ2n) is 5.41. The summed E-state index contributed by atoms with van der Waals surface area (Å²) in [5.74, 6) is 1.16. The van der Waals surface area contributed by atoms with Crippen molar-refractivity contribution in [1.29, 1.82) is 0 Å². The average molecular weight is 316 g/mol. The summed E-state index contributed by atoms with van der Waals surface area (Å²) in [5.41, 5.74) is 1.69. The number of fused-ring (bicyclic) bond motifs is 2. The van der Waals surface area contributed by atoms with Gasteiger partial charge in [0, 0.05) is 16.9 Å². The highest BCUT2D eigenvalue weighted by Crippen LogP contribution is 2.32. The number of carbonyl (C=O) groups excluding carboxylic acids is 1. The smallest absolute Gasteiger partial charge is 0.257 e. The van der Waals surface area contributed by atoms with Gasteiger partial charge in [0.1, 0.15) is 0 Å². The average Bonchev–Trinajstić information content (AvgIpc) is 3.00. The molecule has 1 aromatic heterocycles. The third kappa shape index (κ3) is 2.54. The number of benzene rings is 1. The Kier molecular flexibility index (Phi) is 3.46. The Balaban J connectivity index is 1.53. The Labute approximate surface area is 132 Å². The Hall–Kier alpha value is -2.08. The molecule has 0 radical (unpaired) electrons. The first-order valence-electron chi connectivity index (χ1n) is 7.49. The predicted molar refractivity (Wildman–Crippen MR) is 84.1 cm³/mol. The van der Waals surface area contributed by atoms with Gasteiger partial charge in [-0.15, -0.1) is 11.3 Å². The molecule has 114 valence electrons. The molecular formula is C16H16N2O3S. The van der Waals surface area contributed by atoms with E-state index in [1.807, 2.05) is 0 Å². The van der Waals surface area contributed by atoms with E-state index in [1.54, 1.807) is 29.5 Å². The van der Waals surface area contributed by atoms with Crippen molar-refractivity contribution in [3.8, 4) is 11.5 Å². The van der Waals surface area contributed by atoms with Gasteiger partial charge >= 0.3 is 0 Å². The Morgan fingerprint density at radius 2 is 2.00 bits per heavy atom. The van der Waals surface area contributed by atoms with Gasteiger partial charge in [0.25, 0.3) is 5.91 Å². The standard InChI is InChI=1S/C16H16N2O3S/c19-15(18-16-17-11-3-1-4-14(11)22-16)10-5-6-12-13(9-10)21-8-2-7-20-12/h5-6,9H,1-4,7-8H2,(H,17,18,19). The van der Waals surface area contributed by atoms with Gasteiger partial charge in [-0.1, -0.05) is 0 Å². The van der Waals surface area contributed by atoms with E-state index < -0.39 is 0 Å². The van der Waals surface area contributed by atoms with Crippen LogP contribution in [0, 0.1) is 0 Å². The van der Waals surface area contributed by atoms with Crippen molar-refractivity contribution in [3.63, 3.8) is 0 Å². The van der Waals surface area contributed by atoms with Crippen molar-refractivity contribution >= 4 is 22.4 Å². The van der Waals surface area contributed by atoms with Crippen LogP contribution in [0.15, 0.2) is 18.2 Å². The first-order valence-corrected chi connectivity index (χ1v) is 8.31. The summed E-state index contributed by atoms with van der Waals surface area (Å²) in [6.07, 6.45) is 4.12. The fourth-order valence-electron chi connectivity index (χ4n) is 2.72. The van der Waals surface area contributed by atoms with Crippen LogP contribution in [0.5, 0.6) is 11.5 Å². The van der Waals surface area contributed by atoms with Crippen molar-refractivity contribution in [2.24, 2.45) is 0 Å². The van der Waals surface area contributed by atoms with Crippen LogP contribution in [0.4, 0.5) is 5.13 Å². The molecule has 0 bridgehead atoms. The fraction of sp³-hybridized carbons (Fsp3) is 0.375. The van der Waals surface area contributed by atoms with E-state index in [0.29, 0.717) is 35.4 Å². The van der Waals surface area contributed by atoms with Gasteiger partial charge in [0.2, 0.25) is 0 Å². The molecule has 1 aromatic carbocycles. The van der Waals surface area contributed by atoms with Crippen molar-refractivity contribution in [1.82, 2.24) is 4.98 Å². The highest BCUT2D eigenvalue weighted by atomic mass is 32.1. The Bertz CT molecular complexity index is 705. The molecule has 2 aromatic rings. The third-order valence-corrected chi connectivity index (χ3v) is 4.90. The normalized spacial score (nSPS) is 16.0. The lowest BCUT2D eigenvalue weighted by Crippen LogP contribution is -2.12. The van der Waals surface area contributed by atoms with Gasteiger partial charge in [0.05, 0.1) is 18.9 Å². The van der Waals surface area contributed by atoms with Crippen LogP contribution in [-0.4, -0.2) is 24.1 Å². The minimum atomic E-state index is -0.164. The topological polar surface area (TPSA) is 60.5 Å². The summed E-state index contributed by atoms with van der Waals surface area (Å²) in [4.78, 5) is 18.2. The second kappa shape index (κ2) is 5.61. The molecule has 2 aliphatic rings. The molecule has 1 amide bonds. The van der Waals surface area contributed by atoms with E-state index in [9.17, 15) is 4.79 Å². The molecule has 1 aliphatic heterocycles. The van der Waals surface area contributed by atoms with Crippen LogP contribution in [0.25, 0.3) is 0 Å². The molecular weight excluding hydrogens is 300 g/mol. The summed E-state index contributed by atoms with van der Waals surface area (Å²) in [7, 11) is 0. The summed E-state index contributed by atoms with van der Waals surface area (Å²) >= 11 is 1.58. The number of ether oxygens (including phenoxy) is 2. The largest absolute Gasteiger partial charge is 0.490 e. The van der Waals surface area contributed by atoms with Crippen molar-refractivity contribution in [3.05, 3.63) is 34.3 Å². The molecule has 0 saturated heterocycles. The molecule has 6 heteroatoms. The van der Waals surface area contributed by atoms with Gasteiger partial charge in [-0.2, -0.15) is 0 Å². The van der Waals surface area contributed by atoms with Crippen LogP contribution in [0.1, 0.15) is 33.8 Å². The number of carbonyl (C=O) groups is 1. The minimum absolute atomic E-state index is 0.164. The minimum Gasteiger partial charge on any atom is -0.490 e. The molecule has 0 saturated carbocycles. The Morgan fingerprint density at radius 1 is 1.14 bits per heavy atom. The number of nitrogens with zero attached hydrogens (tertiary/aromatic N) is 1. The molecule has 5 nitrogen and oxygen atoms in total. The van der Waals surface area contributed by atoms with E-state index in [2.05, 4.69) is 10.3 Å². The molecule has 0 spiro atoms. The quantitative estimate of drug-likeness (QED) is 0.925. The molecule has 1 N–H and O–H groups in total. The summed E-state index contributed by atoms with van der Waals surface area (Å²) < 4.78 is 11.2. The van der Waals surface area contributed by atoms with E-state index in [4.69, 9.17) is 9.47 Å². The van der Waals surface area contributed by atoms with Gasteiger partial charge in [-0.05, 0) is 37.5 Å². The summed E-state index contributed by atoms with van der Waals surface area (Å²) in [6, 6.07) is 5.28. The lowest BCUT2D eigenvalue weighted by Gasteiger charge is -2.09. The lowest BCUT2D eigenvalue weighted by atomic mass is 10.2. The zero-order chi connectivity index (χ0) is 14.9. The van der Waals surface area contributed by atoms with Crippen molar-refractivity contribution in [2.75, 3.05) is 18.5 Å². The zero-order valence-corrected chi connectivity index (χ0v) is 12.9. The van der Waals surface area contributed by atoms with Gasteiger partial charge in [-0.25, -0.2) is 4.98 Å². The summed E-state index contributed by atoms with van der Waals surface area (Å²) in [5, 5.41) is 3.56. The van der Waals surface area contributed by atoms with Crippen LogP contribution in [-0.2, 0) is 12.8 Å². The first-order chi connectivity index (χ1) is 10.8. The van der Waals surface area contributed by atoms with Gasteiger partial charge < -0.3 is 9.47 Å². The van der Waals surface area contributed by atoms with Crippen LogP contribution >= 0.6 is 11.3 Å². The monoisotopic (exact) mass is 316 g/mol.